The van der Waals surface area contributed by atoms with E-state index in [4.69, 9.17) is 5.73 Å². The van der Waals surface area contributed by atoms with Crippen LogP contribution in [0.4, 0.5) is 5.69 Å². The lowest BCUT2D eigenvalue weighted by Gasteiger charge is -2.07. The van der Waals surface area contributed by atoms with E-state index in [1.165, 1.54) is 54.9 Å². The standard InChI is InChI=1S/C18H25N/c1-2-3-4-5-6-7-10-15-13-16-11-8-9-12-17(16)18(19)14-15/h8-9,11-14H,2-7,10,19H2,1H3. The number of anilines is 1. The third kappa shape index (κ3) is 3.99. The number of fused-ring (bicyclic) bond motifs is 1. The molecule has 0 aliphatic carbocycles. The van der Waals surface area contributed by atoms with Crippen molar-refractivity contribution in [1.29, 1.82) is 0 Å². The van der Waals surface area contributed by atoms with Crippen LogP contribution in [0, 0.1) is 0 Å². The van der Waals surface area contributed by atoms with E-state index in [2.05, 4.69) is 37.3 Å². The first kappa shape index (κ1) is 13.9. The molecule has 0 unspecified atom stereocenters. The monoisotopic (exact) mass is 255 g/mol. The number of benzene rings is 2. The van der Waals surface area contributed by atoms with Crippen molar-refractivity contribution < 1.29 is 0 Å². The minimum atomic E-state index is 0.916. The Morgan fingerprint density at radius 3 is 2.47 bits per heavy atom. The minimum absolute atomic E-state index is 0.916. The molecule has 0 saturated heterocycles. The quantitative estimate of drug-likeness (QED) is 0.525. The molecular formula is C18H25N. The van der Waals surface area contributed by atoms with E-state index >= 15 is 0 Å². The topological polar surface area (TPSA) is 26.0 Å². The zero-order valence-electron chi connectivity index (χ0n) is 12.0. The second kappa shape index (κ2) is 7.18. The van der Waals surface area contributed by atoms with Crippen LogP contribution in [0.3, 0.4) is 0 Å². The van der Waals surface area contributed by atoms with Crippen molar-refractivity contribution in [2.45, 2.75) is 51.9 Å². The van der Waals surface area contributed by atoms with E-state index in [1.807, 2.05) is 6.07 Å². The Morgan fingerprint density at radius 1 is 0.895 bits per heavy atom. The van der Waals surface area contributed by atoms with E-state index in [9.17, 15) is 0 Å². The molecule has 0 amide bonds. The Labute approximate surface area is 116 Å². The fourth-order valence-corrected chi connectivity index (χ4v) is 2.66. The Hall–Kier alpha value is -1.50. The third-order valence-electron chi connectivity index (χ3n) is 3.77. The molecule has 2 aromatic carbocycles. The second-order valence-electron chi connectivity index (χ2n) is 5.42. The van der Waals surface area contributed by atoms with Crippen LogP contribution >= 0.6 is 0 Å². The number of hydrogen-bond donors (Lipinski definition) is 1. The third-order valence-corrected chi connectivity index (χ3v) is 3.77. The lowest BCUT2D eigenvalue weighted by molar-refractivity contribution is 0.607. The molecule has 1 nitrogen and oxygen atoms in total. The average Bonchev–Trinajstić information content (AvgIpc) is 2.43. The minimum Gasteiger partial charge on any atom is -0.398 e. The van der Waals surface area contributed by atoms with Crippen molar-refractivity contribution in [2.75, 3.05) is 5.73 Å². The van der Waals surface area contributed by atoms with Gasteiger partial charge in [0.1, 0.15) is 0 Å². The van der Waals surface area contributed by atoms with Crippen LogP contribution in [0.15, 0.2) is 36.4 Å². The first-order valence-electron chi connectivity index (χ1n) is 7.58. The molecule has 0 bridgehead atoms. The molecule has 0 heterocycles. The van der Waals surface area contributed by atoms with Gasteiger partial charge in [0.05, 0.1) is 0 Å². The first-order valence-corrected chi connectivity index (χ1v) is 7.58. The van der Waals surface area contributed by atoms with Gasteiger partial charge in [-0.1, -0.05) is 69.4 Å². The fraction of sp³-hybridized carbons (Fsp3) is 0.444. The summed E-state index contributed by atoms with van der Waals surface area (Å²) in [7, 11) is 0. The molecule has 0 saturated carbocycles. The van der Waals surface area contributed by atoms with E-state index in [0.29, 0.717) is 0 Å². The Morgan fingerprint density at radius 2 is 1.63 bits per heavy atom. The van der Waals surface area contributed by atoms with Gasteiger partial charge in [-0.3, -0.25) is 0 Å². The maximum absolute atomic E-state index is 6.13. The molecule has 0 spiro atoms. The molecule has 102 valence electrons. The summed E-state index contributed by atoms with van der Waals surface area (Å²) >= 11 is 0. The van der Waals surface area contributed by atoms with Gasteiger partial charge in [-0.25, -0.2) is 0 Å². The molecule has 19 heavy (non-hydrogen) atoms. The predicted molar refractivity (Wildman–Crippen MR) is 85.4 cm³/mol. The van der Waals surface area contributed by atoms with Crippen LogP contribution in [0.1, 0.15) is 51.0 Å². The molecule has 0 aromatic heterocycles. The summed E-state index contributed by atoms with van der Waals surface area (Å²) in [5, 5.41) is 2.44. The maximum atomic E-state index is 6.13. The van der Waals surface area contributed by atoms with Gasteiger partial charge < -0.3 is 5.73 Å². The van der Waals surface area contributed by atoms with Gasteiger partial charge in [0.2, 0.25) is 0 Å². The molecule has 0 radical (unpaired) electrons. The molecule has 0 aliphatic heterocycles. The molecular weight excluding hydrogens is 230 g/mol. The molecule has 0 fully saturated rings. The maximum Gasteiger partial charge on any atom is 0.0396 e. The van der Waals surface area contributed by atoms with Crippen LogP contribution in [0.25, 0.3) is 10.8 Å². The molecule has 0 aliphatic rings. The largest absolute Gasteiger partial charge is 0.398 e. The summed E-state index contributed by atoms with van der Waals surface area (Å²) in [5.41, 5.74) is 8.42. The van der Waals surface area contributed by atoms with Gasteiger partial charge in [0.25, 0.3) is 0 Å². The van der Waals surface area contributed by atoms with Crippen molar-refractivity contribution in [3.8, 4) is 0 Å². The number of nitrogen functional groups attached to an aromatic ring is 1. The molecule has 2 N–H and O–H groups in total. The van der Waals surface area contributed by atoms with Gasteiger partial charge >= 0.3 is 0 Å². The number of nitrogens with two attached hydrogens (primary N) is 1. The lowest BCUT2D eigenvalue weighted by atomic mass is 10.0. The van der Waals surface area contributed by atoms with Gasteiger partial charge in [-0.05, 0) is 29.9 Å². The number of hydrogen-bond acceptors (Lipinski definition) is 1. The summed E-state index contributed by atoms with van der Waals surface area (Å²) in [6, 6.07) is 12.8. The van der Waals surface area contributed by atoms with Gasteiger partial charge in [-0.2, -0.15) is 0 Å². The zero-order valence-corrected chi connectivity index (χ0v) is 12.0. The van der Waals surface area contributed by atoms with Gasteiger partial charge in [0, 0.05) is 11.1 Å². The van der Waals surface area contributed by atoms with Crippen LogP contribution in [-0.2, 0) is 6.42 Å². The Kier molecular flexibility index (Phi) is 5.26. The van der Waals surface area contributed by atoms with E-state index < -0.39 is 0 Å². The Bertz CT molecular complexity index is 516. The second-order valence-corrected chi connectivity index (χ2v) is 5.42. The zero-order chi connectivity index (χ0) is 13.5. The summed E-state index contributed by atoms with van der Waals surface area (Å²) < 4.78 is 0. The SMILES string of the molecule is CCCCCCCCc1cc(N)c2ccccc2c1. The van der Waals surface area contributed by atoms with Crippen molar-refractivity contribution in [3.63, 3.8) is 0 Å². The van der Waals surface area contributed by atoms with Gasteiger partial charge in [-0.15, -0.1) is 0 Å². The van der Waals surface area contributed by atoms with Crippen LogP contribution in [-0.4, -0.2) is 0 Å². The fourth-order valence-electron chi connectivity index (χ4n) is 2.66. The summed E-state index contributed by atoms with van der Waals surface area (Å²) in [6.45, 7) is 2.26. The average molecular weight is 255 g/mol. The highest BCUT2D eigenvalue weighted by Crippen LogP contribution is 2.24. The smallest absolute Gasteiger partial charge is 0.0396 e. The Balaban J connectivity index is 1.90. The highest BCUT2D eigenvalue weighted by molar-refractivity contribution is 5.93. The molecule has 2 rings (SSSR count). The van der Waals surface area contributed by atoms with Gasteiger partial charge in [0.15, 0.2) is 0 Å². The number of aryl methyl sites for hydroxylation is 1. The lowest BCUT2D eigenvalue weighted by Crippen LogP contribution is -1.92. The van der Waals surface area contributed by atoms with Crippen molar-refractivity contribution in [1.82, 2.24) is 0 Å². The highest BCUT2D eigenvalue weighted by Gasteiger charge is 2.01. The van der Waals surface area contributed by atoms with E-state index in [-0.39, 0.29) is 0 Å². The normalized spacial score (nSPS) is 11.0. The van der Waals surface area contributed by atoms with E-state index in [1.54, 1.807) is 0 Å². The summed E-state index contributed by atoms with van der Waals surface area (Å²) in [4.78, 5) is 0. The van der Waals surface area contributed by atoms with Crippen LogP contribution in [0.2, 0.25) is 0 Å². The number of unbranched alkanes of at least 4 members (excludes halogenated alkanes) is 5. The molecule has 1 heteroatoms. The van der Waals surface area contributed by atoms with Crippen LogP contribution in [0.5, 0.6) is 0 Å². The van der Waals surface area contributed by atoms with Crippen molar-refractivity contribution in [3.05, 3.63) is 42.0 Å². The first-order chi connectivity index (χ1) is 9.31. The van der Waals surface area contributed by atoms with Crippen molar-refractivity contribution >= 4 is 16.5 Å². The highest BCUT2D eigenvalue weighted by atomic mass is 14.5. The van der Waals surface area contributed by atoms with E-state index in [0.717, 1.165) is 12.1 Å². The summed E-state index contributed by atoms with van der Waals surface area (Å²) in [6.07, 6.45) is 9.23. The predicted octanol–water partition coefficient (Wildman–Crippen LogP) is 5.33. The van der Waals surface area contributed by atoms with Crippen LogP contribution < -0.4 is 5.73 Å². The molecule has 2 aromatic rings. The number of rotatable bonds is 7. The molecule has 0 atom stereocenters. The summed E-state index contributed by atoms with van der Waals surface area (Å²) in [5.74, 6) is 0. The van der Waals surface area contributed by atoms with Crippen molar-refractivity contribution in [2.24, 2.45) is 0 Å².